The van der Waals surface area contributed by atoms with Crippen molar-refractivity contribution >= 4 is 30.3 Å². The van der Waals surface area contributed by atoms with Crippen LogP contribution in [0.5, 0.6) is 0 Å². The molecule has 5 heteroatoms. The van der Waals surface area contributed by atoms with Gasteiger partial charge in [-0.25, -0.2) is 0 Å². The molecule has 1 rings (SSSR count). The van der Waals surface area contributed by atoms with Crippen molar-refractivity contribution in [2.24, 2.45) is 0 Å². The third-order valence-electron chi connectivity index (χ3n) is 1.71. The molecule has 0 aliphatic heterocycles. The zero-order chi connectivity index (χ0) is 11.5. The van der Waals surface area contributed by atoms with Crippen LogP contribution in [0.4, 0.5) is 13.2 Å². The molecule has 1 aromatic rings. The summed E-state index contributed by atoms with van der Waals surface area (Å²) in [5, 5.41) is -0.287. The van der Waals surface area contributed by atoms with Gasteiger partial charge in [-0.3, -0.25) is 0 Å². The second-order valence-corrected chi connectivity index (χ2v) is 3.59. The molecule has 0 N–H and O–H groups in total. The molecule has 0 unspecified atom stereocenters. The summed E-state index contributed by atoms with van der Waals surface area (Å²) < 4.78 is 37.3. The molecular formula is C10H8ClF3S. The topological polar surface area (TPSA) is 0 Å². The number of hydrogen-bond acceptors (Lipinski definition) is 1. The smallest absolute Gasteiger partial charge is 0.175 e. The maximum absolute atomic E-state index is 12.4. The normalized spacial score (nSPS) is 12.3. The highest BCUT2D eigenvalue weighted by Gasteiger charge is 2.33. The molecule has 0 aromatic heterocycles. The van der Waals surface area contributed by atoms with Gasteiger partial charge in [0.05, 0.1) is 10.6 Å². The van der Waals surface area contributed by atoms with E-state index in [1.54, 1.807) is 12.2 Å². The number of halogens is 4. The fourth-order valence-corrected chi connectivity index (χ4v) is 1.38. The van der Waals surface area contributed by atoms with Crippen molar-refractivity contribution in [3.63, 3.8) is 0 Å². The number of hydrogen-bond donors (Lipinski definition) is 1. The van der Waals surface area contributed by atoms with Crippen molar-refractivity contribution in [3.8, 4) is 0 Å². The van der Waals surface area contributed by atoms with E-state index in [0.29, 0.717) is 11.3 Å². The van der Waals surface area contributed by atoms with Gasteiger partial charge in [-0.1, -0.05) is 29.8 Å². The number of alkyl halides is 3. The summed E-state index contributed by atoms with van der Waals surface area (Å²) in [6, 6.07) is 3.78. The summed E-state index contributed by atoms with van der Waals surface area (Å²) in [5.41, 5.74) is -0.355. The molecule has 0 atom stereocenters. The molecule has 0 saturated carbocycles. The lowest BCUT2D eigenvalue weighted by Gasteiger charge is -2.09. The first-order chi connectivity index (χ1) is 6.95. The molecule has 0 amide bonds. The molecule has 0 radical (unpaired) electrons. The Bertz CT molecular complexity index is 371. The van der Waals surface area contributed by atoms with Gasteiger partial charge in [-0.15, -0.1) is 0 Å². The molecule has 0 fully saturated rings. The molecule has 0 heterocycles. The van der Waals surface area contributed by atoms with E-state index >= 15 is 0 Å². The zero-order valence-electron chi connectivity index (χ0n) is 7.55. The Morgan fingerprint density at radius 3 is 2.53 bits per heavy atom. The Hall–Kier alpha value is -0.610. The van der Waals surface area contributed by atoms with Crippen molar-refractivity contribution in [2.75, 3.05) is 5.75 Å². The molecule has 0 saturated heterocycles. The fraction of sp³-hybridized carbons (Fsp3) is 0.200. The maximum Gasteiger partial charge on any atom is 0.417 e. The van der Waals surface area contributed by atoms with Crippen LogP contribution in [0.25, 0.3) is 6.08 Å². The monoisotopic (exact) mass is 252 g/mol. The predicted octanol–water partition coefficient (Wildman–Crippen LogP) is 4.30. The van der Waals surface area contributed by atoms with E-state index in [9.17, 15) is 13.2 Å². The quantitative estimate of drug-likeness (QED) is 0.746. The van der Waals surface area contributed by atoms with Gasteiger partial charge in [0.2, 0.25) is 0 Å². The number of rotatable bonds is 2. The summed E-state index contributed by atoms with van der Waals surface area (Å²) in [6.07, 6.45) is -1.19. The molecule has 0 spiro atoms. The molecule has 82 valence electrons. The van der Waals surface area contributed by atoms with E-state index in [-0.39, 0.29) is 5.02 Å². The van der Waals surface area contributed by atoms with E-state index in [2.05, 4.69) is 12.6 Å². The maximum atomic E-state index is 12.4. The Kier molecular flexibility index (Phi) is 4.11. The molecule has 0 aliphatic rings. The fourth-order valence-electron chi connectivity index (χ4n) is 1.05. The predicted molar refractivity (Wildman–Crippen MR) is 59.3 cm³/mol. The van der Waals surface area contributed by atoms with Crippen LogP contribution in [0.3, 0.4) is 0 Å². The summed E-state index contributed by atoms with van der Waals surface area (Å²) >= 11 is 9.37. The van der Waals surface area contributed by atoms with Gasteiger partial charge >= 0.3 is 6.18 Å². The largest absolute Gasteiger partial charge is 0.417 e. The SMILES string of the molecule is FC(F)(F)c1cc(C=CCS)ccc1Cl. The number of thiol groups is 1. The minimum atomic E-state index is -4.41. The first-order valence-corrected chi connectivity index (χ1v) is 5.10. The van der Waals surface area contributed by atoms with Crippen molar-refractivity contribution in [1.29, 1.82) is 0 Å². The Labute approximate surface area is 96.2 Å². The van der Waals surface area contributed by atoms with Crippen LogP contribution >= 0.6 is 24.2 Å². The zero-order valence-corrected chi connectivity index (χ0v) is 9.20. The van der Waals surface area contributed by atoms with Gasteiger partial charge in [-0.2, -0.15) is 25.8 Å². The van der Waals surface area contributed by atoms with Crippen LogP contribution < -0.4 is 0 Å². The molecule has 1 aromatic carbocycles. The Morgan fingerprint density at radius 1 is 1.33 bits per heavy atom. The van der Waals surface area contributed by atoms with Crippen LogP contribution in [0, 0.1) is 0 Å². The minimum Gasteiger partial charge on any atom is -0.175 e. The van der Waals surface area contributed by atoms with Gasteiger partial charge in [-0.05, 0) is 17.7 Å². The second-order valence-electron chi connectivity index (χ2n) is 2.82. The van der Waals surface area contributed by atoms with Crippen LogP contribution in [0.2, 0.25) is 5.02 Å². The average molecular weight is 253 g/mol. The van der Waals surface area contributed by atoms with Crippen LogP contribution in [0.1, 0.15) is 11.1 Å². The molecule has 0 nitrogen and oxygen atoms in total. The summed E-state index contributed by atoms with van der Waals surface area (Å²) in [5.74, 6) is 0.476. The highest BCUT2D eigenvalue weighted by atomic mass is 35.5. The van der Waals surface area contributed by atoms with Gasteiger partial charge < -0.3 is 0 Å². The van der Waals surface area contributed by atoms with E-state index in [1.165, 1.54) is 12.1 Å². The first kappa shape index (κ1) is 12.5. The lowest BCUT2D eigenvalue weighted by Crippen LogP contribution is -2.05. The highest BCUT2D eigenvalue weighted by molar-refractivity contribution is 7.80. The third-order valence-corrected chi connectivity index (χ3v) is 2.25. The highest BCUT2D eigenvalue weighted by Crippen LogP contribution is 2.35. The second kappa shape index (κ2) is 4.94. The van der Waals surface area contributed by atoms with Gasteiger partial charge in [0.1, 0.15) is 0 Å². The minimum absolute atomic E-state index is 0.287. The Morgan fingerprint density at radius 2 is 2.00 bits per heavy atom. The summed E-state index contributed by atoms with van der Waals surface area (Å²) in [7, 11) is 0. The molecular weight excluding hydrogens is 245 g/mol. The van der Waals surface area contributed by atoms with E-state index in [1.807, 2.05) is 0 Å². The van der Waals surface area contributed by atoms with Crippen molar-refractivity contribution in [2.45, 2.75) is 6.18 Å². The molecule has 0 bridgehead atoms. The van der Waals surface area contributed by atoms with E-state index in [4.69, 9.17) is 11.6 Å². The van der Waals surface area contributed by atoms with Gasteiger partial charge in [0.25, 0.3) is 0 Å². The molecule has 0 aliphatic carbocycles. The Balaban J connectivity index is 3.11. The van der Waals surface area contributed by atoms with Crippen molar-refractivity contribution in [1.82, 2.24) is 0 Å². The lowest BCUT2D eigenvalue weighted by molar-refractivity contribution is -0.137. The summed E-state index contributed by atoms with van der Waals surface area (Å²) in [6.45, 7) is 0. The van der Waals surface area contributed by atoms with Crippen LogP contribution in [-0.2, 0) is 6.18 Å². The average Bonchev–Trinajstić information content (AvgIpc) is 2.15. The first-order valence-electron chi connectivity index (χ1n) is 4.09. The lowest BCUT2D eigenvalue weighted by atomic mass is 10.1. The van der Waals surface area contributed by atoms with Crippen LogP contribution in [0.15, 0.2) is 24.3 Å². The standard InChI is InChI=1S/C10H8ClF3S/c11-9-4-3-7(2-1-5-15)6-8(9)10(12,13)14/h1-4,6,15H,5H2. The van der Waals surface area contributed by atoms with Crippen LogP contribution in [-0.4, -0.2) is 5.75 Å². The van der Waals surface area contributed by atoms with Crippen molar-refractivity contribution in [3.05, 3.63) is 40.4 Å². The van der Waals surface area contributed by atoms with Gasteiger partial charge in [0.15, 0.2) is 0 Å². The number of benzene rings is 1. The summed E-state index contributed by atoms with van der Waals surface area (Å²) in [4.78, 5) is 0. The van der Waals surface area contributed by atoms with Crippen molar-refractivity contribution < 1.29 is 13.2 Å². The third kappa shape index (κ3) is 3.47. The molecule has 15 heavy (non-hydrogen) atoms. The van der Waals surface area contributed by atoms with Gasteiger partial charge in [0, 0.05) is 5.75 Å². The van der Waals surface area contributed by atoms with E-state index in [0.717, 1.165) is 6.07 Å². The van der Waals surface area contributed by atoms with E-state index < -0.39 is 11.7 Å².